The van der Waals surface area contributed by atoms with Gasteiger partial charge < -0.3 is 15.1 Å². The van der Waals surface area contributed by atoms with Gasteiger partial charge in [0.1, 0.15) is 0 Å². The Hall–Kier alpha value is -0.420. The van der Waals surface area contributed by atoms with Gasteiger partial charge >= 0.3 is 0 Å². The third kappa shape index (κ3) is 5.99. The number of unbranched alkanes of at least 4 members (excludes halogenated alkanes) is 1. The highest BCUT2D eigenvalue weighted by atomic mass is 32.2. The third-order valence-electron chi connectivity index (χ3n) is 4.82. The fraction of sp³-hybridized carbons (Fsp3) is 0.941. The van der Waals surface area contributed by atoms with Crippen molar-refractivity contribution in [2.24, 2.45) is 10.9 Å². The Morgan fingerprint density at radius 1 is 1.18 bits per heavy atom. The van der Waals surface area contributed by atoms with Crippen LogP contribution in [-0.2, 0) is 0 Å². The fourth-order valence-corrected chi connectivity index (χ4v) is 4.08. The molecule has 0 aliphatic carbocycles. The lowest BCUT2D eigenvalue weighted by Crippen LogP contribution is -2.41. The van der Waals surface area contributed by atoms with E-state index in [1.807, 2.05) is 18.8 Å². The van der Waals surface area contributed by atoms with Crippen molar-refractivity contribution in [1.82, 2.24) is 15.1 Å². The van der Waals surface area contributed by atoms with Gasteiger partial charge in [0.15, 0.2) is 5.96 Å². The Balaban J connectivity index is 1.66. The number of hydrogen-bond donors (Lipinski definition) is 1. The molecule has 4 nitrogen and oxygen atoms in total. The molecule has 0 aromatic heterocycles. The highest BCUT2D eigenvalue weighted by Crippen LogP contribution is 2.19. The molecule has 0 aromatic carbocycles. The number of likely N-dealkylation sites (tertiary alicyclic amines) is 2. The summed E-state index contributed by atoms with van der Waals surface area (Å²) in [6.45, 7) is 7.34. The lowest BCUT2D eigenvalue weighted by atomic mass is 10.1. The molecular formula is C17H34N4S. The summed E-state index contributed by atoms with van der Waals surface area (Å²) in [4.78, 5) is 9.62. The van der Waals surface area contributed by atoms with Gasteiger partial charge in [-0.05, 0) is 63.1 Å². The Labute approximate surface area is 141 Å². The summed E-state index contributed by atoms with van der Waals surface area (Å²) in [6.07, 6.45) is 10.3. The normalized spacial score (nSPS) is 24.0. The molecule has 2 rings (SSSR count). The first-order valence-electron chi connectivity index (χ1n) is 9.00. The van der Waals surface area contributed by atoms with Gasteiger partial charge in [0.2, 0.25) is 0 Å². The second kappa shape index (κ2) is 10.4. The Morgan fingerprint density at radius 2 is 2.00 bits per heavy atom. The van der Waals surface area contributed by atoms with Gasteiger partial charge in [0.05, 0.1) is 0 Å². The predicted octanol–water partition coefficient (Wildman–Crippen LogP) is 2.51. The molecular weight excluding hydrogens is 292 g/mol. The minimum Gasteiger partial charge on any atom is -0.356 e. The van der Waals surface area contributed by atoms with Crippen molar-refractivity contribution in [1.29, 1.82) is 0 Å². The maximum atomic E-state index is 4.48. The molecule has 0 amide bonds. The molecule has 0 bridgehead atoms. The quantitative estimate of drug-likeness (QED) is 0.442. The summed E-state index contributed by atoms with van der Waals surface area (Å²) in [6, 6.07) is 0. The van der Waals surface area contributed by atoms with E-state index in [0.29, 0.717) is 0 Å². The largest absolute Gasteiger partial charge is 0.356 e. The zero-order valence-corrected chi connectivity index (χ0v) is 15.3. The Morgan fingerprint density at radius 3 is 2.73 bits per heavy atom. The van der Waals surface area contributed by atoms with Crippen molar-refractivity contribution >= 4 is 17.7 Å². The Kier molecular flexibility index (Phi) is 8.45. The van der Waals surface area contributed by atoms with E-state index in [0.717, 1.165) is 18.4 Å². The number of guanidine groups is 1. The minimum atomic E-state index is 0.827. The van der Waals surface area contributed by atoms with E-state index < -0.39 is 0 Å². The van der Waals surface area contributed by atoms with Crippen molar-refractivity contribution in [3.8, 4) is 0 Å². The van der Waals surface area contributed by atoms with E-state index in [1.165, 1.54) is 77.0 Å². The van der Waals surface area contributed by atoms with Gasteiger partial charge in [-0.15, -0.1) is 0 Å². The molecule has 2 aliphatic heterocycles. The molecule has 1 N–H and O–H groups in total. The number of hydrogen-bond acceptors (Lipinski definition) is 3. The van der Waals surface area contributed by atoms with Crippen molar-refractivity contribution in [3.05, 3.63) is 0 Å². The van der Waals surface area contributed by atoms with Gasteiger partial charge in [0, 0.05) is 33.2 Å². The smallest absolute Gasteiger partial charge is 0.193 e. The summed E-state index contributed by atoms with van der Waals surface area (Å²) >= 11 is 1.94. The van der Waals surface area contributed by atoms with E-state index in [1.54, 1.807) is 0 Å². The molecule has 128 valence electrons. The average Bonchev–Trinajstić information content (AvgIpc) is 3.00. The fourth-order valence-electron chi connectivity index (χ4n) is 3.59. The van der Waals surface area contributed by atoms with Crippen molar-refractivity contribution in [2.45, 2.75) is 38.5 Å². The van der Waals surface area contributed by atoms with Gasteiger partial charge in [-0.25, -0.2) is 0 Å². The zero-order valence-electron chi connectivity index (χ0n) is 14.5. The topological polar surface area (TPSA) is 30.9 Å². The maximum Gasteiger partial charge on any atom is 0.193 e. The standard InChI is InChI=1S/C17H34N4S/c1-18-17(19-9-4-7-13-22-2)21-12-8-16(15-21)14-20-10-5-3-6-11-20/h16H,3-15H2,1-2H3,(H,18,19). The molecule has 22 heavy (non-hydrogen) atoms. The van der Waals surface area contributed by atoms with E-state index in [2.05, 4.69) is 26.4 Å². The predicted molar refractivity (Wildman–Crippen MR) is 98.9 cm³/mol. The van der Waals surface area contributed by atoms with E-state index in [9.17, 15) is 0 Å². The van der Waals surface area contributed by atoms with Gasteiger partial charge in [-0.3, -0.25) is 4.99 Å². The molecule has 1 unspecified atom stereocenters. The molecule has 5 heteroatoms. The van der Waals surface area contributed by atoms with Crippen LogP contribution in [0.25, 0.3) is 0 Å². The van der Waals surface area contributed by atoms with Crippen LogP contribution in [0.2, 0.25) is 0 Å². The SMILES string of the molecule is CN=C(NCCCCSC)N1CCC(CN2CCCCC2)C1. The summed E-state index contributed by atoms with van der Waals surface area (Å²) in [7, 11) is 1.92. The van der Waals surface area contributed by atoms with Crippen LogP contribution in [0.4, 0.5) is 0 Å². The molecule has 0 saturated carbocycles. The van der Waals surface area contributed by atoms with E-state index >= 15 is 0 Å². The lowest BCUT2D eigenvalue weighted by molar-refractivity contribution is 0.198. The van der Waals surface area contributed by atoms with Crippen LogP contribution >= 0.6 is 11.8 Å². The van der Waals surface area contributed by atoms with Crippen molar-refractivity contribution in [3.63, 3.8) is 0 Å². The molecule has 2 heterocycles. The van der Waals surface area contributed by atoms with E-state index in [4.69, 9.17) is 0 Å². The van der Waals surface area contributed by atoms with Crippen LogP contribution in [0, 0.1) is 5.92 Å². The van der Waals surface area contributed by atoms with Gasteiger partial charge in [0.25, 0.3) is 0 Å². The van der Waals surface area contributed by atoms with Crippen LogP contribution in [0.15, 0.2) is 4.99 Å². The first kappa shape index (κ1) is 17.9. The summed E-state index contributed by atoms with van der Waals surface area (Å²) in [5, 5.41) is 3.55. The molecule has 1 atom stereocenters. The van der Waals surface area contributed by atoms with Crippen LogP contribution in [0.1, 0.15) is 38.5 Å². The summed E-state index contributed by atoms with van der Waals surface area (Å²) in [5.74, 6) is 3.21. The highest BCUT2D eigenvalue weighted by Gasteiger charge is 2.26. The molecule has 2 fully saturated rings. The maximum absolute atomic E-state index is 4.48. The second-order valence-electron chi connectivity index (χ2n) is 6.64. The number of aliphatic imine (C=N–C) groups is 1. The van der Waals surface area contributed by atoms with Crippen LogP contribution in [-0.4, -0.2) is 74.1 Å². The molecule has 2 aliphatic rings. The first-order chi connectivity index (χ1) is 10.8. The molecule has 2 saturated heterocycles. The average molecular weight is 327 g/mol. The number of piperidine rings is 1. The number of thioether (sulfide) groups is 1. The van der Waals surface area contributed by atoms with Crippen LogP contribution in [0.3, 0.4) is 0 Å². The highest BCUT2D eigenvalue weighted by molar-refractivity contribution is 7.98. The van der Waals surface area contributed by atoms with Crippen molar-refractivity contribution < 1.29 is 0 Å². The Bertz CT molecular complexity index is 329. The molecule has 0 aromatic rings. The zero-order chi connectivity index (χ0) is 15.6. The first-order valence-corrected chi connectivity index (χ1v) is 10.4. The van der Waals surface area contributed by atoms with Gasteiger partial charge in [-0.1, -0.05) is 6.42 Å². The molecule has 0 spiro atoms. The number of nitrogens with zero attached hydrogens (tertiary/aromatic N) is 3. The monoisotopic (exact) mass is 326 g/mol. The van der Waals surface area contributed by atoms with Gasteiger partial charge in [-0.2, -0.15) is 11.8 Å². The lowest BCUT2D eigenvalue weighted by Gasteiger charge is -2.29. The third-order valence-corrected chi connectivity index (χ3v) is 5.52. The number of rotatable bonds is 7. The second-order valence-corrected chi connectivity index (χ2v) is 7.62. The summed E-state index contributed by atoms with van der Waals surface area (Å²) < 4.78 is 0. The molecule has 0 radical (unpaired) electrons. The minimum absolute atomic E-state index is 0.827. The van der Waals surface area contributed by atoms with Crippen LogP contribution in [0.5, 0.6) is 0 Å². The van der Waals surface area contributed by atoms with E-state index in [-0.39, 0.29) is 0 Å². The van der Waals surface area contributed by atoms with Crippen LogP contribution < -0.4 is 5.32 Å². The number of nitrogens with one attached hydrogen (secondary N) is 1. The van der Waals surface area contributed by atoms with Crippen molar-refractivity contribution in [2.75, 3.05) is 58.3 Å². The summed E-state index contributed by atoms with van der Waals surface area (Å²) in [5.41, 5.74) is 0.